The van der Waals surface area contributed by atoms with Gasteiger partial charge in [-0.15, -0.1) is 0 Å². The Morgan fingerprint density at radius 3 is 2.88 bits per heavy atom. The number of nitrogens with one attached hydrogen (secondary N) is 2. The predicted octanol–water partition coefficient (Wildman–Crippen LogP) is 1.61. The van der Waals surface area contributed by atoms with E-state index in [4.69, 9.17) is 0 Å². The van der Waals surface area contributed by atoms with Crippen LogP contribution in [0.5, 0.6) is 0 Å². The van der Waals surface area contributed by atoms with E-state index in [1.54, 1.807) is 6.20 Å². The van der Waals surface area contributed by atoms with E-state index in [-0.39, 0.29) is 6.03 Å². The summed E-state index contributed by atoms with van der Waals surface area (Å²) in [6, 6.07) is 3.88. The Balaban J connectivity index is 1.70. The van der Waals surface area contributed by atoms with Crippen LogP contribution in [0.3, 0.4) is 0 Å². The van der Waals surface area contributed by atoms with Crippen molar-refractivity contribution in [2.75, 3.05) is 0 Å². The fraction of sp³-hybridized carbons (Fsp3) is 0.583. The van der Waals surface area contributed by atoms with Crippen LogP contribution in [-0.2, 0) is 6.54 Å². The molecule has 0 aliphatic heterocycles. The van der Waals surface area contributed by atoms with Crippen molar-refractivity contribution in [3.05, 3.63) is 24.0 Å². The third-order valence-corrected chi connectivity index (χ3v) is 3.00. The van der Waals surface area contributed by atoms with E-state index in [0.29, 0.717) is 12.6 Å². The zero-order chi connectivity index (χ0) is 11.9. The lowest BCUT2D eigenvalue weighted by Gasteiger charge is -2.22. The predicted molar refractivity (Wildman–Crippen MR) is 64.3 cm³/mol. The molecule has 0 unspecified atom stereocenters. The lowest BCUT2D eigenvalue weighted by molar-refractivity contribution is 0.232. The molecule has 1 aliphatic carbocycles. The molecule has 2 amide bonds. The summed E-state index contributed by atoms with van der Waals surface area (Å²) in [4.78, 5) is 11.6. The molecule has 1 fully saturated rings. The van der Waals surface area contributed by atoms with E-state index in [0.717, 1.165) is 18.5 Å². The highest BCUT2D eigenvalue weighted by Gasteiger charge is 2.15. The van der Waals surface area contributed by atoms with Crippen molar-refractivity contribution in [3.8, 4) is 0 Å². The van der Waals surface area contributed by atoms with Gasteiger partial charge in [-0.3, -0.25) is 0 Å². The standard InChI is InChI=1S/C12H18N4O/c17-12(15-10-5-2-1-3-6-10)13-9-11-7-4-8-14-16-11/h4,7-8,10H,1-3,5-6,9H2,(H2,13,15,17). The van der Waals surface area contributed by atoms with Gasteiger partial charge in [0.15, 0.2) is 0 Å². The first-order valence-corrected chi connectivity index (χ1v) is 6.15. The van der Waals surface area contributed by atoms with E-state index >= 15 is 0 Å². The van der Waals surface area contributed by atoms with Gasteiger partial charge in [-0.25, -0.2) is 4.79 Å². The van der Waals surface area contributed by atoms with Crippen molar-refractivity contribution < 1.29 is 4.79 Å². The normalized spacial score (nSPS) is 16.5. The fourth-order valence-corrected chi connectivity index (χ4v) is 2.08. The molecule has 0 spiro atoms. The van der Waals surface area contributed by atoms with Gasteiger partial charge >= 0.3 is 6.03 Å². The average molecular weight is 234 g/mol. The van der Waals surface area contributed by atoms with Crippen LogP contribution in [0.1, 0.15) is 37.8 Å². The van der Waals surface area contributed by atoms with Gasteiger partial charge in [0.05, 0.1) is 12.2 Å². The number of nitrogens with zero attached hydrogens (tertiary/aromatic N) is 2. The summed E-state index contributed by atoms with van der Waals surface area (Å²) < 4.78 is 0. The number of hydrogen-bond acceptors (Lipinski definition) is 3. The van der Waals surface area contributed by atoms with Crippen molar-refractivity contribution in [1.29, 1.82) is 0 Å². The maximum Gasteiger partial charge on any atom is 0.315 e. The van der Waals surface area contributed by atoms with Gasteiger partial charge in [0.1, 0.15) is 0 Å². The van der Waals surface area contributed by atoms with Crippen molar-refractivity contribution in [2.45, 2.75) is 44.7 Å². The highest BCUT2D eigenvalue weighted by atomic mass is 16.2. The second-order valence-electron chi connectivity index (χ2n) is 4.38. The molecule has 1 aromatic rings. The molecule has 1 aromatic heterocycles. The molecule has 2 rings (SSSR count). The molecule has 5 nitrogen and oxygen atoms in total. The van der Waals surface area contributed by atoms with E-state index in [1.807, 2.05) is 12.1 Å². The fourth-order valence-electron chi connectivity index (χ4n) is 2.08. The number of hydrogen-bond donors (Lipinski definition) is 2. The quantitative estimate of drug-likeness (QED) is 0.835. The summed E-state index contributed by atoms with van der Waals surface area (Å²) in [6.07, 6.45) is 7.53. The average Bonchev–Trinajstić information content (AvgIpc) is 2.39. The maximum atomic E-state index is 11.6. The van der Waals surface area contributed by atoms with Crippen LogP contribution in [0.25, 0.3) is 0 Å². The molecule has 5 heteroatoms. The van der Waals surface area contributed by atoms with Crippen LogP contribution in [0.15, 0.2) is 18.3 Å². The summed E-state index contributed by atoms with van der Waals surface area (Å²) in [5.41, 5.74) is 0.770. The molecule has 1 aliphatic rings. The SMILES string of the molecule is O=C(NCc1cccnn1)NC1CCCCC1. The zero-order valence-electron chi connectivity index (χ0n) is 9.85. The second-order valence-corrected chi connectivity index (χ2v) is 4.38. The van der Waals surface area contributed by atoms with Crippen LogP contribution >= 0.6 is 0 Å². The third kappa shape index (κ3) is 4.01. The Kier molecular flexibility index (Phi) is 4.30. The number of carbonyl (C=O) groups excluding carboxylic acids is 1. The lowest BCUT2D eigenvalue weighted by atomic mass is 9.96. The highest BCUT2D eigenvalue weighted by Crippen LogP contribution is 2.17. The minimum Gasteiger partial charge on any atom is -0.335 e. The van der Waals surface area contributed by atoms with E-state index in [9.17, 15) is 4.79 Å². The van der Waals surface area contributed by atoms with Crippen LogP contribution in [0.4, 0.5) is 4.79 Å². The van der Waals surface area contributed by atoms with Gasteiger partial charge in [0.2, 0.25) is 0 Å². The van der Waals surface area contributed by atoms with Crippen LogP contribution < -0.4 is 10.6 Å². The van der Waals surface area contributed by atoms with E-state index < -0.39 is 0 Å². The number of urea groups is 1. The van der Waals surface area contributed by atoms with Crippen LogP contribution in [-0.4, -0.2) is 22.3 Å². The van der Waals surface area contributed by atoms with E-state index in [1.165, 1.54) is 19.3 Å². The topological polar surface area (TPSA) is 66.9 Å². The Morgan fingerprint density at radius 1 is 1.35 bits per heavy atom. The molecule has 1 heterocycles. The largest absolute Gasteiger partial charge is 0.335 e. The van der Waals surface area contributed by atoms with Crippen molar-refractivity contribution in [1.82, 2.24) is 20.8 Å². The highest BCUT2D eigenvalue weighted by molar-refractivity contribution is 5.74. The first kappa shape index (κ1) is 11.8. The first-order valence-electron chi connectivity index (χ1n) is 6.15. The van der Waals surface area contributed by atoms with Gasteiger partial charge in [-0.2, -0.15) is 10.2 Å². The smallest absolute Gasteiger partial charge is 0.315 e. The zero-order valence-corrected chi connectivity index (χ0v) is 9.85. The summed E-state index contributed by atoms with van der Waals surface area (Å²) in [5.74, 6) is 0. The summed E-state index contributed by atoms with van der Waals surface area (Å²) >= 11 is 0. The lowest BCUT2D eigenvalue weighted by Crippen LogP contribution is -2.42. The van der Waals surface area contributed by atoms with Gasteiger partial charge in [0.25, 0.3) is 0 Å². The van der Waals surface area contributed by atoms with Crippen molar-refractivity contribution in [3.63, 3.8) is 0 Å². The van der Waals surface area contributed by atoms with Crippen LogP contribution in [0.2, 0.25) is 0 Å². The van der Waals surface area contributed by atoms with Crippen LogP contribution in [0, 0.1) is 0 Å². The molecule has 0 saturated heterocycles. The number of rotatable bonds is 3. The molecule has 1 saturated carbocycles. The summed E-state index contributed by atoms with van der Waals surface area (Å²) in [7, 11) is 0. The molecular formula is C12H18N4O. The Labute approximate surface area is 101 Å². The Hall–Kier alpha value is -1.65. The van der Waals surface area contributed by atoms with Crippen molar-refractivity contribution >= 4 is 6.03 Å². The first-order chi connectivity index (χ1) is 8.34. The molecule has 17 heavy (non-hydrogen) atoms. The molecule has 2 N–H and O–H groups in total. The van der Waals surface area contributed by atoms with Gasteiger partial charge in [-0.05, 0) is 25.0 Å². The second kappa shape index (κ2) is 6.18. The monoisotopic (exact) mass is 234 g/mol. The molecular weight excluding hydrogens is 216 g/mol. The molecule has 0 aromatic carbocycles. The Morgan fingerprint density at radius 2 is 2.18 bits per heavy atom. The molecule has 0 atom stereocenters. The molecule has 0 bridgehead atoms. The van der Waals surface area contributed by atoms with Crippen molar-refractivity contribution in [2.24, 2.45) is 0 Å². The van der Waals surface area contributed by atoms with E-state index in [2.05, 4.69) is 20.8 Å². The number of carbonyl (C=O) groups is 1. The van der Waals surface area contributed by atoms with Gasteiger partial charge in [0, 0.05) is 12.2 Å². The summed E-state index contributed by atoms with van der Waals surface area (Å²) in [5, 5.41) is 13.4. The minimum absolute atomic E-state index is 0.109. The number of aromatic nitrogens is 2. The third-order valence-electron chi connectivity index (χ3n) is 3.00. The molecule has 0 radical (unpaired) electrons. The number of amides is 2. The summed E-state index contributed by atoms with van der Waals surface area (Å²) in [6.45, 7) is 0.423. The molecule has 92 valence electrons. The Bertz CT molecular complexity index is 349. The van der Waals surface area contributed by atoms with Gasteiger partial charge < -0.3 is 10.6 Å². The van der Waals surface area contributed by atoms with Gasteiger partial charge in [-0.1, -0.05) is 19.3 Å². The minimum atomic E-state index is -0.109. The maximum absolute atomic E-state index is 11.6.